The summed E-state index contributed by atoms with van der Waals surface area (Å²) in [6, 6.07) is 18.3. The summed E-state index contributed by atoms with van der Waals surface area (Å²) in [6.07, 6.45) is 6.66. The van der Waals surface area contributed by atoms with Gasteiger partial charge in [-0.15, -0.1) is 0 Å². The SMILES string of the molecule is CSc1ccc(C(=O)OC2CCCCC2[Se]c2ccccc2)cc1. The Kier molecular flexibility index (Phi) is 6.42. The summed E-state index contributed by atoms with van der Waals surface area (Å²) in [4.78, 5) is 14.1. The molecule has 2 unspecified atom stereocenters. The third kappa shape index (κ3) is 4.66. The van der Waals surface area contributed by atoms with Crippen molar-refractivity contribution in [2.45, 2.75) is 41.5 Å². The molecule has 1 saturated carbocycles. The van der Waals surface area contributed by atoms with Crippen LogP contribution in [0.1, 0.15) is 36.0 Å². The predicted octanol–water partition coefficient (Wildman–Crippen LogP) is 4.33. The maximum absolute atomic E-state index is 12.5. The molecule has 0 amide bonds. The van der Waals surface area contributed by atoms with Gasteiger partial charge in [-0.05, 0) is 0 Å². The van der Waals surface area contributed by atoms with Crippen LogP contribution in [0.4, 0.5) is 0 Å². The van der Waals surface area contributed by atoms with E-state index < -0.39 is 0 Å². The van der Waals surface area contributed by atoms with Crippen LogP contribution in [0.15, 0.2) is 59.5 Å². The molecule has 2 aromatic rings. The Labute approximate surface area is 154 Å². The summed E-state index contributed by atoms with van der Waals surface area (Å²) in [6.45, 7) is 0. The molecule has 24 heavy (non-hydrogen) atoms. The fourth-order valence-corrected chi connectivity index (χ4v) is 6.06. The molecule has 4 heteroatoms. The summed E-state index contributed by atoms with van der Waals surface area (Å²) >= 11 is 2.03. The van der Waals surface area contributed by atoms with Crippen molar-refractivity contribution in [3.63, 3.8) is 0 Å². The molecule has 0 bridgehead atoms. The van der Waals surface area contributed by atoms with Gasteiger partial charge in [-0.1, -0.05) is 0 Å². The van der Waals surface area contributed by atoms with Gasteiger partial charge in [-0.2, -0.15) is 0 Å². The first-order chi connectivity index (χ1) is 11.8. The Morgan fingerprint density at radius 1 is 1.04 bits per heavy atom. The van der Waals surface area contributed by atoms with E-state index in [4.69, 9.17) is 4.74 Å². The minimum absolute atomic E-state index is 0.0617. The Hall–Kier alpha value is -1.22. The van der Waals surface area contributed by atoms with Gasteiger partial charge in [-0.3, -0.25) is 0 Å². The standard InChI is InChI=1S/C20H22O2SSe/c1-23-16-13-11-15(12-14-16)20(21)22-18-9-5-6-10-19(18)24-17-7-3-2-4-8-17/h2-4,7-8,11-14,18-19H,5-6,9-10H2,1H3. The molecule has 1 fully saturated rings. The molecule has 1 aliphatic carbocycles. The normalized spacial score (nSPS) is 20.5. The molecule has 1 aliphatic rings. The Bertz CT molecular complexity index is 657. The van der Waals surface area contributed by atoms with Crippen LogP contribution < -0.4 is 4.46 Å². The number of benzene rings is 2. The van der Waals surface area contributed by atoms with E-state index in [-0.39, 0.29) is 12.1 Å². The molecule has 3 rings (SSSR count). The summed E-state index contributed by atoms with van der Waals surface area (Å²) in [5.41, 5.74) is 0.657. The Morgan fingerprint density at radius 2 is 1.75 bits per heavy atom. The van der Waals surface area contributed by atoms with Crippen molar-refractivity contribution in [3.8, 4) is 0 Å². The minimum atomic E-state index is -0.177. The van der Waals surface area contributed by atoms with Crippen LogP contribution in [0, 0.1) is 0 Å². The second kappa shape index (κ2) is 8.75. The van der Waals surface area contributed by atoms with E-state index in [0.29, 0.717) is 25.3 Å². The average Bonchev–Trinajstić information content (AvgIpc) is 2.64. The monoisotopic (exact) mass is 406 g/mol. The van der Waals surface area contributed by atoms with Gasteiger partial charge in [0.05, 0.1) is 0 Å². The van der Waals surface area contributed by atoms with Gasteiger partial charge in [0.15, 0.2) is 0 Å². The second-order valence-electron chi connectivity index (χ2n) is 5.93. The van der Waals surface area contributed by atoms with Gasteiger partial charge < -0.3 is 0 Å². The zero-order valence-electron chi connectivity index (χ0n) is 13.8. The van der Waals surface area contributed by atoms with Crippen molar-refractivity contribution in [1.29, 1.82) is 0 Å². The molecule has 0 aliphatic heterocycles. The van der Waals surface area contributed by atoms with Crippen LogP contribution in [-0.2, 0) is 4.74 Å². The third-order valence-electron chi connectivity index (χ3n) is 4.26. The molecule has 2 nitrogen and oxygen atoms in total. The molecule has 126 valence electrons. The van der Waals surface area contributed by atoms with Gasteiger partial charge in [0, 0.05) is 0 Å². The number of carbonyl (C=O) groups excluding carboxylic acids is 1. The maximum atomic E-state index is 12.5. The van der Waals surface area contributed by atoms with Crippen molar-refractivity contribution in [3.05, 3.63) is 60.2 Å². The summed E-state index contributed by atoms with van der Waals surface area (Å²) < 4.78 is 7.30. The van der Waals surface area contributed by atoms with Gasteiger partial charge in [0.2, 0.25) is 0 Å². The molecule has 0 saturated heterocycles. The van der Waals surface area contributed by atoms with E-state index in [1.54, 1.807) is 11.8 Å². The first-order valence-corrected chi connectivity index (χ1v) is 11.4. The number of esters is 1. The molecule has 0 spiro atoms. The van der Waals surface area contributed by atoms with Crippen molar-refractivity contribution < 1.29 is 9.53 Å². The topological polar surface area (TPSA) is 26.3 Å². The molecular weight excluding hydrogens is 383 g/mol. The van der Waals surface area contributed by atoms with Crippen molar-refractivity contribution in [1.82, 2.24) is 0 Å². The Morgan fingerprint density at radius 3 is 2.46 bits per heavy atom. The molecule has 0 N–H and O–H groups in total. The van der Waals surface area contributed by atoms with Gasteiger partial charge >= 0.3 is 155 Å². The van der Waals surface area contributed by atoms with E-state index >= 15 is 0 Å². The van der Waals surface area contributed by atoms with Crippen LogP contribution in [0.3, 0.4) is 0 Å². The molecule has 0 radical (unpaired) electrons. The van der Waals surface area contributed by atoms with Crippen molar-refractivity contribution in [2.24, 2.45) is 0 Å². The van der Waals surface area contributed by atoms with E-state index in [0.717, 1.165) is 24.2 Å². The zero-order chi connectivity index (χ0) is 16.8. The quantitative estimate of drug-likeness (QED) is 0.421. The van der Waals surface area contributed by atoms with E-state index in [1.165, 1.54) is 10.9 Å². The van der Waals surface area contributed by atoms with Crippen LogP contribution in [0.2, 0.25) is 4.82 Å². The molecular formula is C20H22O2SSe. The average molecular weight is 405 g/mol. The molecule has 0 aromatic heterocycles. The fourth-order valence-electron chi connectivity index (χ4n) is 2.94. The number of hydrogen-bond donors (Lipinski definition) is 0. The van der Waals surface area contributed by atoms with Gasteiger partial charge in [0.25, 0.3) is 0 Å². The van der Waals surface area contributed by atoms with E-state index in [1.807, 2.05) is 30.5 Å². The van der Waals surface area contributed by atoms with Crippen LogP contribution in [0.5, 0.6) is 0 Å². The number of ether oxygens (including phenoxy) is 1. The fraction of sp³-hybridized carbons (Fsp3) is 0.350. The summed E-state index contributed by atoms with van der Waals surface area (Å²) in [7, 11) is 0. The molecule has 2 aromatic carbocycles. The van der Waals surface area contributed by atoms with Crippen LogP contribution >= 0.6 is 11.8 Å². The van der Waals surface area contributed by atoms with Crippen LogP contribution in [-0.4, -0.2) is 33.3 Å². The van der Waals surface area contributed by atoms with E-state index in [9.17, 15) is 4.79 Å². The van der Waals surface area contributed by atoms with Gasteiger partial charge in [-0.25, -0.2) is 0 Å². The first-order valence-electron chi connectivity index (χ1n) is 8.33. The van der Waals surface area contributed by atoms with Gasteiger partial charge in [0.1, 0.15) is 0 Å². The number of rotatable bonds is 5. The summed E-state index contributed by atoms with van der Waals surface area (Å²) in [5.74, 6) is -0.177. The van der Waals surface area contributed by atoms with Crippen molar-refractivity contribution in [2.75, 3.05) is 6.26 Å². The predicted molar refractivity (Wildman–Crippen MR) is 101 cm³/mol. The van der Waals surface area contributed by atoms with Crippen molar-refractivity contribution >= 4 is 37.1 Å². The number of hydrogen-bond acceptors (Lipinski definition) is 3. The third-order valence-corrected chi connectivity index (χ3v) is 7.91. The summed E-state index contributed by atoms with van der Waals surface area (Å²) in [5, 5.41) is 0. The molecule has 2 atom stereocenters. The number of carbonyl (C=O) groups is 1. The number of thioether (sulfide) groups is 1. The first kappa shape index (κ1) is 17.6. The zero-order valence-corrected chi connectivity index (χ0v) is 16.3. The second-order valence-corrected chi connectivity index (χ2v) is 9.56. The molecule has 0 heterocycles. The van der Waals surface area contributed by atoms with E-state index in [2.05, 4.69) is 30.3 Å². The van der Waals surface area contributed by atoms with Crippen LogP contribution in [0.25, 0.3) is 0 Å². The Balaban J connectivity index is 1.65.